The van der Waals surface area contributed by atoms with Gasteiger partial charge in [0, 0.05) is 6.42 Å². The normalized spacial score (nSPS) is 26.6. The first-order chi connectivity index (χ1) is 6.49. The highest BCUT2D eigenvalue weighted by molar-refractivity contribution is 5.76. The molecule has 1 unspecified atom stereocenters. The summed E-state index contributed by atoms with van der Waals surface area (Å²) in [4.78, 5) is 10.8. The molecule has 0 spiro atoms. The van der Waals surface area contributed by atoms with E-state index in [1.54, 1.807) is 6.92 Å². The first-order valence-electron chi connectivity index (χ1n) is 5.66. The number of hydrogen-bond donors (Lipinski definition) is 0. The topological polar surface area (TPSA) is 17.1 Å². The number of carbonyl (C=O) groups is 1. The van der Waals surface area contributed by atoms with Crippen LogP contribution < -0.4 is 0 Å². The van der Waals surface area contributed by atoms with E-state index in [0.29, 0.717) is 17.8 Å². The molecule has 0 bridgehead atoms. The van der Waals surface area contributed by atoms with Crippen molar-refractivity contribution in [1.29, 1.82) is 0 Å². The van der Waals surface area contributed by atoms with Gasteiger partial charge < -0.3 is 0 Å². The van der Waals surface area contributed by atoms with Crippen molar-refractivity contribution in [3.63, 3.8) is 0 Å². The van der Waals surface area contributed by atoms with Crippen LogP contribution in [0.1, 0.15) is 52.9 Å². The van der Waals surface area contributed by atoms with Crippen LogP contribution in [0.25, 0.3) is 0 Å². The highest BCUT2D eigenvalue weighted by Gasteiger charge is 2.26. The molecule has 1 heteroatoms. The molecule has 0 N–H and O–H groups in total. The van der Waals surface area contributed by atoms with Gasteiger partial charge in [0.1, 0.15) is 5.78 Å². The summed E-state index contributed by atoms with van der Waals surface area (Å²) in [5.41, 5.74) is 0.503. The van der Waals surface area contributed by atoms with Crippen molar-refractivity contribution in [2.75, 3.05) is 0 Å². The van der Waals surface area contributed by atoms with Crippen LogP contribution in [0.4, 0.5) is 0 Å². The predicted octanol–water partition coefficient (Wildman–Crippen LogP) is 3.74. The monoisotopic (exact) mass is 194 g/mol. The van der Waals surface area contributed by atoms with Crippen LogP contribution in [-0.2, 0) is 4.79 Å². The van der Waals surface area contributed by atoms with Crippen LogP contribution in [0.5, 0.6) is 0 Å². The standard InChI is InChI=1S/C13H22O/c1-11(14)6-4-7-12-8-5-9-13(2,3)10-12/h4,7,12H,5-6,8-10H2,1-3H3. The minimum absolute atomic E-state index is 0.260. The van der Waals surface area contributed by atoms with Crippen molar-refractivity contribution in [3.05, 3.63) is 12.2 Å². The van der Waals surface area contributed by atoms with E-state index < -0.39 is 0 Å². The average Bonchev–Trinajstić information content (AvgIpc) is 2.01. The van der Waals surface area contributed by atoms with Crippen molar-refractivity contribution in [2.24, 2.45) is 11.3 Å². The minimum atomic E-state index is 0.260. The first-order valence-corrected chi connectivity index (χ1v) is 5.66. The maximum atomic E-state index is 10.8. The van der Waals surface area contributed by atoms with E-state index >= 15 is 0 Å². The van der Waals surface area contributed by atoms with Gasteiger partial charge in [-0.15, -0.1) is 0 Å². The second-order valence-electron chi connectivity index (χ2n) is 5.35. The molecule has 14 heavy (non-hydrogen) atoms. The van der Waals surface area contributed by atoms with Crippen molar-refractivity contribution in [2.45, 2.75) is 52.9 Å². The Balaban J connectivity index is 2.38. The Morgan fingerprint density at radius 1 is 1.50 bits per heavy atom. The molecule has 0 aromatic rings. The van der Waals surface area contributed by atoms with Crippen molar-refractivity contribution < 1.29 is 4.79 Å². The van der Waals surface area contributed by atoms with Crippen LogP contribution in [0.15, 0.2) is 12.2 Å². The SMILES string of the molecule is CC(=O)CC=CC1CCCC(C)(C)C1. The Hall–Kier alpha value is -0.590. The molecule has 1 aliphatic rings. The van der Waals surface area contributed by atoms with Gasteiger partial charge in [0.2, 0.25) is 0 Å². The van der Waals surface area contributed by atoms with E-state index in [9.17, 15) is 4.79 Å². The maximum absolute atomic E-state index is 10.8. The van der Waals surface area contributed by atoms with E-state index in [1.165, 1.54) is 25.7 Å². The lowest BCUT2D eigenvalue weighted by Crippen LogP contribution is -2.21. The lowest BCUT2D eigenvalue weighted by molar-refractivity contribution is -0.116. The highest BCUT2D eigenvalue weighted by atomic mass is 16.1. The molecule has 1 atom stereocenters. The van der Waals surface area contributed by atoms with Gasteiger partial charge in [0.05, 0.1) is 0 Å². The summed E-state index contributed by atoms with van der Waals surface area (Å²) < 4.78 is 0. The second-order valence-corrected chi connectivity index (χ2v) is 5.35. The third-order valence-corrected chi connectivity index (χ3v) is 3.06. The van der Waals surface area contributed by atoms with E-state index in [2.05, 4.69) is 26.0 Å². The number of allylic oxidation sites excluding steroid dienone is 2. The number of rotatable bonds is 3. The van der Waals surface area contributed by atoms with Crippen LogP contribution in [0.2, 0.25) is 0 Å². The van der Waals surface area contributed by atoms with E-state index in [0.717, 1.165) is 0 Å². The Morgan fingerprint density at radius 2 is 2.21 bits per heavy atom. The predicted molar refractivity (Wildman–Crippen MR) is 60.2 cm³/mol. The lowest BCUT2D eigenvalue weighted by atomic mass is 9.72. The summed E-state index contributed by atoms with van der Waals surface area (Å²) in [6.45, 7) is 6.34. The summed E-state index contributed by atoms with van der Waals surface area (Å²) in [7, 11) is 0. The molecule has 80 valence electrons. The zero-order valence-corrected chi connectivity index (χ0v) is 9.68. The first kappa shape index (κ1) is 11.5. The van der Waals surface area contributed by atoms with Crippen molar-refractivity contribution in [1.82, 2.24) is 0 Å². The van der Waals surface area contributed by atoms with Crippen LogP contribution in [0.3, 0.4) is 0 Å². The Labute approximate surface area is 87.6 Å². The van der Waals surface area contributed by atoms with Gasteiger partial charge in [-0.05, 0) is 37.5 Å². The third-order valence-electron chi connectivity index (χ3n) is 3.06. The molecule has 1 aliphatic carbocycles. The molecular formula is C13H22O. The zero-order chi connectivity index (χ0) is 10.6. The maximum Gasteiger partial charge on any atom is 0.133 e. The van der Waals surface area contributed by atoms with E-state index in [4.69, 9.17) is 0 Å². The van der Waals surface area contributed by atoms with Gasteiger partial charge in [0.25, 0.3) is 0 Å². The molecule has 0 radical (unpaired) electrons. The lowest BCUT2D eigenvalue weighted by Gasteiger charge is -2.33. The molecule has 1 saturated carbocycles. The number of hydrogen-bond acceptors (Lipinski definition) is 1. The van der Waals surface area contributed by atoms with Gasteiger partial charge in [-0.25, -0.2) is 0 Å². The summed E-state index contributed by atoms with van der Waals surface area (Å²) in [6.07, 6.45) is 10.2. The van der Waals surface area contributed by atoms with E-state index in [-0.39, 0.29) is 5.78 Å². The fourth-order valence-corrected chi connectivity index (χ4v) is 2.35. The van der Waals surface area contributed by atoms with Crippen molar-refractivity contribution >= 4 is 5.78 Å². The number of Topliss-reactive ketones (excluding diaryl/α,β-unsaturated/α-hetero) is 1. The smallest absolute Gasteiger partial charge is 0.133 e. The number of carbonyl (C=O) groups excluding carboxylic acids is 1. The van der Waals surface area contributed by atoms with Gasteiger partial charge in [-0.2, -0.15) is 0 Å². The third kappa shape index (κ3) is 4.08. The summed E-state index contributed by atoms with van der Waals surface area (Å²) >= 11 is 0. The molecule has 1 fully saturated rings. The fraction of sp³-hybridized carbons (Fsp3) is 0.769. The minimum Gasteiger partial charge on any atom is -0.300 e. The van der Waals surface area contributed by atoms with Gasteiger partial charge in [-0.3, -0.25) is 4.79 Å². The summed E-state index contributed by atoms with van der Waals surface area (Å²) in [6, 6.07) is 0. The molecule has 0 aliphatic heterocycles. The fourth-order valence-electron chi connectivity index (χ4n) is 2.35. The molecule has 0 heterocycles. The van der Waals surface area contributed by atoms with Gasteiger partial charge >= 0.3 is 0 Å². The molecule has 1 rings (SSSR count). The molecule has 0 aromatic heterocycles. The molecular weight excluding hydrogens is 172 g/mol. The Bertz CT molecular complexity index is 225. The zero-order valence-electron chi connectivity index (χ0n) is 9.68. The molecule has 1 nitrogen and oxygen atoms in total. The second kappa shape index (κ2) is 4.77. The molecule has 0 aromatic carbocycles. The largest absolute Gasteiger partial charge is 0.300 e. The Kier molecular flexibility index (Phi) is 3.91. The average molecular weight is 194 g/mol. The molecule has 0 saturated heterocycles. The highest BCUT2D eigenvalue weighted by Crippen LogP contribution is 2.38. The molecule has 0 amide bonds. The summed E-state index contributed by atoms with van der Waals surface area (Å²) in [5, 5.41) is 0. The quantitative estimate of drug-likeness (QED) is 0.625. The summed E-state index contributed by atoms with van der Waals surface area (Å²) in [5.74, 6) is 0.967. The van der Waals surface area contributed by atoms with Gasteiger partial charge in [-0.1, -0.05) is 32.4 Å². The van der Waals surface area contributed by atoms with Crippen LogP contribution in [-0.4, -0.2) is 5.78 Å². The van der Waals surface area contributed by atoms with Gasteiger partial charge in [0.15, 0.2) is 0 Å². The number of ketones is 1. The van der Waals surface area contributed by atoms with Crippen LogP contribution in [0, 0.1) is 11.3 Å². The van der Waals surface area contributed by atoms with E-state index in [1.807, 2.05) is 0 Å². The Morgan fingerprint density at radius 3 is 2.79 bits per heavy atom. The van der Waals surface area contributed by atoms with Crippen LogP contribution >= 0.6 is 0 Å². The van der Waals surface area contributed by atoms with Crippen molar-refractivity contribution in [3.8, 4) is 0 Å².